The molecule has 3 N–H and O–H groups in total. The standard InChI is InChI=1S/C11H14N4/c1-8-2-4-9(5-3-8)6-10(12)11-7-13-15-14-11/h2-5,7,10H,6,12H2,1H3,(H,13,14,15). The smallest absolute Gasteiger partial charge is 0.0995 e. The molecule has 1 unspecified atom stereocenters. The zero-order valence-electron chi connectivity index (χ0n) is 8.64. The zero-order valence-corrected chi connectivity index (χ0v) is 8.64. The Morgan fingerprint density at radius 1 is 1.33 bits per heavy atom. The average Bonchev–Trinajstić information content (AvgIpc) is 2.74. The molecule has 0 spiro atoms. The summed E-state index contributed by atoms with van der Waals surface area (Å²) in [5.74, 6) is 0. The van der Waals surface area contributed by atoms with Crippen LogP contribution in [-0.2, 0) is 6.42 Å². The molecule has 2 aromatic rings. The summed E-state index contributed by atoms with van der Waals surface area (Å²) in [5, 5.41) is 10.3. The van der Waals surface area contributed by atoms with E-state index in [-0.39, 0.29) is 6.04 Å². The molecule has 4 heteroatoms. The minimum Gasteiger partial charge on any atom is -0.322 e. The fourth-order valence-corrected chi connectivity index (χ4v) is 1.47. The van der Waals surface area contributed by atoms with E-state index in [4.69, 9.17) is 5.73 Å². The lowest BCUT2D eigenvalue weighted by atomic mass is 10.0. The molecule has 0 bridgehead atoms. The molecule has 1 aromatic carbocycles. The van der Waals surface area contributed by atoms with Gasteiger partial charge in [0.05, 0.1) is 17.9 Å². The molecule has 4 nitrogen and oxygen atoms in total. The minimum atomic E-state index is -0.0912. The fraction of sp³-hybridized carbons (Fsp3) is 0.273. The number of aromatic amines is 1. The minimum absolute atomic E-state index is 0.0912. The number of nitrogens with zero attached hydrogens (tertiary/aromatic N) is 2. The predicted octanol–water partition coefficient (Wildman–Crippen LogP) is 1.36. The van der Waals surface area contributed by atoms with Crippen molar-refractivity contribution in [3.05, 3.63) is 47.3 Å². The third-order valence-corrected chi connectivity index (χ3v) is 2.39. The zero-order chi connectivity index (χ0) is 10.7. The lowest BCUT2D eigenvalue weighted by Crippen LogP contribution is -2.13. The Bertz CT molecular complexity index is 405. The first-order chi connectivity index (χ1) is 7.25. The van der Waals surface area contributed by atoms with E-state index in [0.29, 0.717) is 0 Å². The van der Waals surface area contributed by atoms with Crippen molar-refractivity contribution >= 4 is 0 Å². The number of benzene rings is 1. The van der Waals surface area contributed by atoms with Crippen LogP contribution in [0.15, 0.2) is 30.5 Å². The first-order valence-corrected chi connectivity index (χ1v) is 4.92. The number of aryl methyl sites for hydroxylation is 1. The highest BCUT2D eigenvalue weighted by Crippen LogP contribution is 2.13. The van der Waals surface area contributed by atoms with Gasteiger partial charge in [0.15, 0.2) is 0 Å². The van der Waals surface area contributed by atoms with Crippen molar-refractivity contribution in [1.82, 2.24) is 15.4 Å². The maximum absolute atomic E-state index is 5.99. The van der Waals surface area contributed by atoms with Crippen LogP contribution in [-0.4, -0.2) is 15.4 Å². The topological polar surface area (TPSA) is 67.6 Å². The van der Waals surface area contributed by atoms with Crippen molar-refractivity contribution < 1.29 is 0 Å². The van der Waals surface area contributed by atoms with Gasteiger partial charge in [0.1, 0.15) is 0 Å². The second-order valence-electron chi connectivity index (χ2n) is 3.69. The van der Waals surface area contributed by atoms with Gasteiger partial charge in [-0.1, -0.05) is 29.8 Å². The molecule has 0 aliphatic carbocycles. The summed E-state index contributed by atoms with van der Waals surface area (Å²) in [5.41, 5.74) is 9.27. The van der Waals surface area contributed by atoms with Crippen LogP contribution in [0.3, 0.4) is 0 Å². The average molecular weight is 202 g/mol. The van der Waals surface area contributed by atoms with Crippen molar-refractivity contribution in [2.75, 3.05) is 0 Å². The van der Waals surface area contributed by atoms with Crippen LogP contribution in [0.5, 0.6) is 0 Å². The monoisotopic (exact) mass is 202 g/mol. The second-order valence-corrected chi connectivity index (χ2v) is 3.69. The summed E-state index contributed by atoms with van der Waals surface area (Å²) in [6, 6.07) is 8.27. The van der Waals surface area contributed by atoms with Crippen molar-refractivity contribution in [3.63, 3.8) is 0 Å². The van der Waals surface area contributed by atoms with Crippen molar-refractivity contribution in [1.29, 1.82) is 0 Å². The van der Waals surface area contributed by atoms with Crippen LogP contribution in [0.4, 0.5) is 0 Å². The Morgan fingerprint density at radius 3 is 2.67 bits per heavy atom. The van der Waals surface area contributed by atoms with Gasteiger partial charge in [-0.2, -0.15) is 15.4 Å². The number of rotatable bonds is 3. The Balaban J connectivity index is 2.06. The number of hydrogen-bond acceptors (Lipinski definition) is 3. The summed E-state index contributed by atoms with van der Waals surface area (Å²) in [7, 11) is 0. The van der Waals surface area contributed by atoms with Gasteiger partial charge in [0.2, 0.25) is 0 Å². The molecule has 15 heavy (non-hydrogen) atoms. The van der Waals surface area contributed by atoms with E-state index < -0.39 is 0 Å². The van der Waals surface area contributed by atoms with E-state index in [0.717, 1.165) is 12.1 Å². The summed E-state index contributed by atoms with van der Waals surface area (Å²) in [6.07, 6.45) is 2.45. The first kappa shape index (κ1) is 9.86. The van der Waals surface area contributed by atoms with E-state index in [2.05, 4.69) is 46.6 Å². The largest absolute Gasteiger partial charge is 0.322 e. The van der Waals surface area contributed by atoms with E-state index in [1.54, 1.807) is 6.20 Å². The van der Waals surface area contributed by atoms with Crippen LogP contribution >= 0.6 is 0 Å². The van der Waals surface area contributed by atoms with Crippen LogP contribution < -0.4 is 5.73 Å². The van der Waals surface area contributed by atoms with Gasteiger partial charge in [0.25, 0.3) is 0 Å². The summed E-state index contributed by atoms with van der Waals surface area (Å²) in [4.78, 5) is 0. The number of aromatic nitrogens is 3. The van der Waals surface area contributed by atoms with Crippen molar-refractivity contribution in [2.24, 2.45) is 5.73 Å². The van der Waals surface area contributed by atoms with Crippen molar-refractivity contribution in [3.8, 4) is 0 Å². The van der Waals surface area contributed by atoms with Gasteiger partial charge in [-0.25, -0.2) is 0 Å². The molecular weight excluding hydrogens is 188 g/mol. The van der Waals surface area contributed by atoms with Crippen LogP contribution in [0, 0.1) is 6.92 Å². The normalized spacial score (nSPS) is 12.7. The van der Waals surface area contributed by atoms with Gasteiger partial charge in [0, 0.05) is 0 Å². The molecule has 0 amide bonds. The molecule has 0 aliphatic heterocycles. The molecule has 0 saturated heterocycles. The van der Waals surface area contributed by atoms with E-state index in [1.807, 2.05) is 0 Å². The van der Waals surface area contributed by atoms with Gasteiger partial charge >= 0.3 is 0 Å². The number of nitrogens with one attached hydrogen (secondary N) is 1. The lowest BCUT2D eigenvalue weighted by Gasteiger charge is -2.08. The predicted molar refractivity (Wildman–Crippen MR) is 58.2 cm³/mol. The SMILES string of the molecule is Cc1ccc(CC(N)c2cn[nH]n2)cc1. The third-order valence-electron chi connectivity index (χ3n) is 2.39. The van der Waals surface area contributed by atoms with Crippen LogP contribution in [0.1, 0.15) is 22.9 Å². The number of nitrogens with two attached hydrogens (primary N) is 1. The molecule has 0 fully saturated rings. The highest BCUT2D eigenvalue weighted by atomic mass is 15.3. The summed E-state index contributed by atoms with van der Waals surface area (Å²) < 4.78 is 0. The molecular formula is C11H14N4. The van der Waals surface area contributed by atoms with Crippen LogP contribution in [0.25, 0.3) is 0 Å². The van der Waals surface area contributed by atoms with E-state index in [1.165, 1.54) is 11.1 Å². The highest BCUT2D eigenvalue weighted by molar-refractivity contribution is 5.22. The Hall–Kier alpha value is -1.68. The molecule has 0 radical (unpaired) electrons. The third kappa shape index (κ3) is 2.41. The Kier molecular flexibility index (Phi) is 2.78. The molecule has 0 saturated carbocycles. The number of hydrogen-bond donors (Lipinski definition) is 2. The van der Waals surface area contributed by atoms with Crippen LogP contribution in [0.2, 0.25) is 0 Å². The Labute approximate surface area is 88.5 Å². The van der Waals surface area contributed by atoms with Gasteiger partial charge < -0.3 is 5.73 Å². The maximum atomic E-state index is 5.99. The van der Waals surface area contributed by atoms with Crippen molar-refractivity contribution in [2.45, 2.75) is 19.4 Å². The van der Waals surface area contributed by atoms with Gasteiger partial charge in [-0.05, 0) is 18.9 Å². The van der Waals surface area contributed by atoms with E-state index in [9.17, 15) is 0 Å². The molecule has 78 valence electrons. The lowest BCUT2D eigenvalue weighted by molar-refractivity contribution is 0.691. The molecule has 1 aromatic heterocycles. The number of H-pyrrole nitrogens is 1. The Morgan fingerprint density at radius 2 is 2.07 bits per heavy atom. The van der Waals surface area contributed by atoms with E-state index >= 15 is 0 Å². The maximum Gasteiger partial charge on any atom is 0.0995 e. The van der Waals surface area contributed by atoms with Gasteiger partial charge in [-0.15, -0.1) is 0 Å². The first-order valence-electron chi connectivity index (χ1n) is 4.92. The quantitative estimate of drug-likeness (QED) is 0.789. The molecule has 2 rings (SSSR count). The fourth-order valence-electron chi connectivity index (χ4n) is 1.47. The summed E-state index contributed by atoms with van der Waals surface area (Å²) >= 11 is 0. The van der Waals surface area contributed by atoms with Gasteiger partial charge in [-0.3, -0.25) is 0 Å². The molecule has 1 atom stereocenters. The molecule has 1 heterocycles. The molecule has 0 aliphatic rings. The highest BCUT2D eigenvalue weighted by Gasteiger charge is 2.09. The summed E-state index contributed by atoms with van der Waals surface area (Å²) in [6.45, 7) is 2.07. The second kappa shape index (κ2) is 4.23.